The summed E-state index contributed by atoms with van der Waals surface area (Å²) in [4.78, 5) is 24.1. The molecule has 0 bridgehead atoms. The Morgan fingerprint density at radius 2 is 1.80 bits per heavy atom. The molecule has 0 aromatic carbocycles. The molecule has 20 heavy (non-hydrogen) atoms. The Morgan fingerprint density at radius 3 is 2.30 bits per heavy atom. The molecule has 0 aliphatic rings. The van der Waals surface area contributed by atoms with Crippen LogP contribution in [0.25, 0.3) is 0 Å². The average Bonchev–Trinajstić information content (AvgIpc) is 2.44. The number of hydrogen-bond donors (Lipinski definition) is 3. The number of amides is 1. The minimum atomic E-state index is -0.576. The lowest BCUT2D eigenvalue weighted by molar-refractivity contribution is -0.128. The second-order valence-electron chi connectivity index (χ2n) is 4.82. The third kappa shape index (κ3) is 4.22. The van der Waals surface area contributed by atoms with Gasteiger partial charge in [-0.2, -0.15) is 15.0 Å². The van der Waals surface area contributed by atoms with Crippen LogP contribution in [0.3, 0.4) is 0 Å². The molecule has 1 aromatic heterocycles. The summed E-state index contributed by atoms with van der Waals surface area (Å²) in [6.07, 6.45) is 0. The summed E-state index contributed by atoms with van der Waals surface area (Å²) in [5.41, 5.74) is -0.576. The van der Waals surface area contributed by atoms with Crippen LogP contribution >= 0.6 is 0 Å². The van der Waals surface area contributed by atoms with Crippen LogP contribution in [0.1, 0.15) is 20.8 Å². The van der Waals surface area contributed by atoms with E-state index in [0.717, 1.165) is 0 Å². The molecule has 8 heteroatoms. The smallest absolute Gasteiger partial charge is 0.322 e. The molecular formula is C12H22N6O2. The third-order valence-corrected chi connectivity index (χ3v) is 2.66. The van der Waals surface area contributed by atoms with Gasteiger partial charge in [-0.1, -0.05) is 0 Å². The van der Waals surface area contributed by atoms with Crippen molar-refractivity contribution in [3.63, 3.8) is 0 Å². The Bertz CT molecular complexity index is 463. The molecule has 0 unspecified atom stereocenters. The van der Waals surface area contributed by atoms with Gasteiger partial charge in [0.1, 0.15) is 0 Å². The largest absolute Gasteiger partial charge is 0.467 e. The van der Waals surface area contributed by atoms with Crippen molar-refractivity contribution in [2.24, 2.45) is 5.41 Å². The van der Waals surface area contributed by atoms with Crippen LogP contribution in [0, 0.1) is 5.41 Å². The highest BCUT2D eigenvalue weighted by Gasteiger charge is 2.26. The minimum absolute atomic E-state index is 0.0575. The van der Waals surface area contributed by atoms with Crippen molar-refractivity contribution in [3.05, 3.63) is 0 Å². The number of anilines is 2. The lowest BCUT2D eigenvalue weighted by Gasteiger charge is -2.22. The molecule has 1 rings (SSSR count). The number of nitrogens with zero attached hydrogens (tertiary/aromatic N) is 3. The van der Waals surface area contributed by atoms with E-state index in [2.05, 4.69) is 30.9 Å². The monoisotopic (exact) mass is 282 g/mol. The van der Waals surface area contributed by atoms with E-state index in [-0.39, 0.29) is 11.9 Å². The fraction of sp³-hybridized carbons (Fsp3) is 0.667. The molecule has 0 saturated carbocycles. The Kier molecular flexibility index (Phi) is 5.48. The molecule has 0 saturated heterocycles. The van der Waals surface area contributed by atoms with E-state index >= 15 is 0 Å². The van der Waals surface area contributed by atoms with Gasteiger partial charge in [0, 0.05) is 20.1 Å². The Balaban J connectivity index is 2.81. The molecule has 112 valence electrons. The molecule has 1 heterocycles. The Labute approximate surface area is 118 Å². The zero-order valence-electron chi connectivity index (χ0n) is 12.6. The van der Waals surface area contributed by atoms with Gasteiger partial charge < -0.3 is 20.7 Å². The number of aromatic nitrogens is 3. The van der Waals surface area contributed by atoms with Crippen LogP contribution < -0.4 is 20.7 Å². The second kappa shape index (κ2) is 6.88. The number of methoxy groups -OCH3 is 1. The number of nitrogens with one attached hydrogen (secondary N) is 3. The van der Waals surface area contributed by atoms with Gasteiger partial charge in [0.05, 0.1) is 12.5 Å². The summed E-state index contributed by atoms with van der Waals surface area (Å²) in [7, 11) is 3.10. The maximum Gasteiger partial charge on any atom is 0.322 e. The molecule has 8 nitrogen and oxygen atoms in total. The molecular weight excluding hydrogens is 260 g/mol. The van der Waals surface area contributed by atoms with E-state index in [4.69, 9.17) is 4.74 Å². The first-order chi connectivity index (χ1) is 9.42. The van der Waals surface area contributed by atoms with Gasteiger partial charge in [-0.15, -0.1) is 0 Å². The first-order valence-electron chi connectivity index (χ1n) is 6.43. The third-order valence-electron chi connectivity index (χ3n) is 2.66. The summed E-state index contributed by atoms with van der Waals surface area (Å²) >= 11 is 0. The van der Waals surface area contributed by atoms with Gasteiger partial charge in [-0.25, -0.2) is 0 Å². The van der Waals surface area contributed by atoms with Crippen molar-refractivity contribution in [1.29, 1.82) is 0 Å². The van der Waals surface area contributed by atoms with Crippen molar-refractivity contribution >= 4 is 17.8 Å². The maximum atomic E-state index is 11.7. The average molecular weight is 282 g/mol. The van der Waals surface area contributed by atoms with Crippen LogP contribution in [0.15, 0.2) is 0 Å². The highest BCUT2D eigenvalue weighted by molar-refractivity contribution is 5.82. The van der Waals surface area contributed by atoms with Gasteiger partial charge >= 0.3 is 6.01 Å². The zero-order chi connectivity index (χ0) is 15.2. The summed E-state index contributed by atoms with van der Waals surface area (Å²) in [5, 5.41) is 8.65. The highest BCUT2D eigenvalue weighted by Crippen LogP contribution is 2.17. The molecule has 0 aliphatic heterocycles. The molecule has 0 atom stereocenters. The maximum absolute atomic E-state index is 11.7. The fourth-order valence-corrected chi connectivity index (χ4v) is 1.48. The van der Waals surface area contributed by atoms with Crippen LogP contribution in [0.2, 0.25) is 0 Å². The van der Waals surface area contributed by atoms with Gasteiger partial charge in [-0.3, -0.25) is 4.79 Å². The van der Waals surface area contributed by atoms with Crippen molar-refractivity contribution in [3.8, 4) is 6.01 Å². The van der Waals surface area contributed by atoms with E-state index in [1.54, 1.807) is 7.05 Å². The molecule has 0 fully saturated rings. The quantitative estimate of drug-likeness (QED) is 0.669. The standard InChI is InChI=1S/C12H22N6O2/c1-6-14-9-16-10(18-11(17-9)20-5)15-7-12(2,3)8(19)13-4/h6-7H2,1-5H3,(H,13,19)(H2,14,15,16,17,18). The highest BCUT2D eigenvalue weighted by atomic mass is 16.5. The first-order valence-corrected chi connectivity index (χ1v) is 6.43. The van der Waals surface area contributed by atoms with E-state index in [0.29, 0.717) is 25.0 Å². The molecule has 1 aromatic rings. The van der Waals surface area contributed by atoms with Gasteiger partial charge in [0.15, 0.2) is 0 Å². The van der Waals surface area contributed by atoms with Crippen molar-refractivity contribution in [1.82, 2.24) is 20.3 Å². The van der Waals surface area contributed by atoms with Crippen molar-refractivity contribution in [2.75, 3.05) is 37.9 Å². The van der Waals surface area contributed by atoms with Gasteiger partial charge in [-0.05, 0) is 20.8 Å². The zero-order valence-corrected chi connectivity index (χ0v) is 12.6. The van der Waals surface area contributed by atoms with Crippen LogP contribution in [-0.2, 0) is 4.79 Å². The van der Waals surface area contributed by atoms with Crippen molar-refractivity contribution < 1.29 is 9.53 Å². The Morgan fingerprint density at radius 1 is 1.20 bits per heavy atom. The molecule has 0 radical (unpaired) electrons. The van der Waals surface area contributed by atoms with E-state index < -0.39 is 5.41 Å². The molecule has 0 spiro atoms. The summed E-state index contributed by atoms with van der Waals surface area (Å²) < 4.78 is 5.02. The first kappa shape index (κ1) is 15.9. The fourth-order valence-electron chi connectivity index (χ4n) is 1.48. The summed E-state index contributed by atoms with van der Waals surface area (Å²) in [6.45, 7) is 6.70. The number of carbonyl (C=O) groups excluding carboxylic acids is 1. The van der Waals surface area contributed by atoms with Gasteiger partial charge in [0.2, 0.25) is 17.8 Å². The topological polar surface area (TPSA) is 101 Å². The lowest BCUT2D eigenvalue weighted by atomic mass is 9.92. The van der Waals surface area contributed by atoms with Crippen molar-refractivity contribution in [2.45, 2.75) is 20.8 Å². The number of hydrogen-bond acceptors (Lipinski definition) is 7. The molecule has 3 N–H and O–H groups in total. The van der Waals surface area contributed by atoms with Crippen LogP contribution in [-0.4, -0.2) is 48.1 Å². The van der Waals surface area contributed by atoms with E-state index in [9.17, 15) is 4.79 Å². The minimum Gasteiger partial charge on any atom is -0.467 e. The van der Waals surface area contributed by atoms with E-state index in [1.165, 1.54) is 7.11 Å². The SMILES string of the molecule is CCNc1nc(NCC(C)(C)C(=O)NC)nc(OC)n1. The summed E-state index contributed by atoms with van der Waals surface area (Å²) in [6, 6.07) is 0.219. The predicted molar refractivity (Wildman–Crippen MR) is 76.9 cm³/mol. The van der Waals surface area contributed by atoms with Crippen LogP contribution in [0.4, 0.5) is 11.9 Å². The number of rotatable bonds is 7. The van der Waals surface area contributed by atoms with Gasteiger partial charge in [0.25, 0.3) is 0 Å². The lowest BCUT2D eigenvalue weighted by Crippen LogP contribution is -2.39. The Hall–Kier alpha value is -2.12. The van der Waals surface area contributed by atoms with Crippen LogP contribution in [0.5, 0.6) is 6.01 Å². The predicted octanol–water partition coefficient (Wildman–Crippen LogP) is 0.496. The normalized spacial score (nSPS) is 10.8. The number of ether oxygens (including phenoxy) is 1. The van der Waals surface area contributed by atoms with E-state index in [1.807, 2.05) is 20.8 Å². The number of carbonyl (C=O) groups is 1. The molecule has 1 amide bonds. The second-order valence-corrected chi connectivity index (χ2v) is 4.82. The molecule has 0 aliphatic carbocycles. The summed E-state index contributed by atoms with van der Waals surface area (Å²) in [5.74, 6) is 0.738.